The SMILES string of the molecule is CCCCCCNC1N=C(c2ccccc2)c2nc(Cl)ccc2-n2cnnc21. The lowest BCUT2D eigenvalue weighted by atomic mass is 10.1. The molecule has 6 nitrogen and oxygen atoms in total. The van der Waals surface area contributed by atoms with E-state index < -0.39 is 0 Å². The van der Waals surface area contributed by atoms with Gasteiger partial charge in [-0.15, -0.1) is 10.2 Å². The molecule has 0 aliphatic carbocycles. The molecule has 0 amide bonds. The number of aliphatic imine (C=N–C) groups is 1. The Morgan fingerprint density at radius 3 is 2.75 bits per heavy atom. The fraction of sp³-hybridized carbons (Fsp3) is 0.333. The van der Waals surface area contributed by atoms with Crippen LogP contribution in [0.1, 0.15) is 55.9 Å². The second kappa shape index (κ2) is 8.63. The Morgan fingerprint density at radius 2 is 1.93 bits per heavy atom. The molecule has 0 bridgehead atoms. The summed E-state index contributed by atoms with van der Waals surface area (Å²) in [7, 11) is 0. The van der Waals surface area contributed by atoms with Gasteiger partial charge in [0, 0.05) is 5.56 Å². The second-order valence-corrected chi connectivity index (χ2v) is 7.21. The first kappa shape index (κ1) is 18.8. The van der Waals surface area contributed by atoms with E-state index >= 15 is 0 Å². The van der Waals surface area contributed by atoms with Crippen LogP contribution in [0.5, 0.6) is 0 Å². The highest BCUT2D eigenvalue weighted by Crippen LogP contribution is 2.28. The van der Waals surface area contributed by atoms with Crippen LogP contribution in [0, 0.1) is 0 Å². The van der Waals surface area contributed by atoms with E-state index in [1.807, 2.05) is 41.0 Å². The third-order valence-electron chi connectivity index (χ3n) is 4.82. The zero-order valence-corrected chi connectivity index (χ0v) is 16.6. The van der Waals surface area contributed by atoms with E-state index in [0.29, 0.717) is 5.15 Å². The second-order valence-electron chi connectivity index (χ2n) is 6.82. The van der Waals surface area contributed by atoms with E-state index in [4.69, 9.17) is 16.6 Å². The predicted molar refractivity (Wildman–Crippen MR) is 111 cm³/mol. The minimum Gasteiger partial charge on any atom is -0.289 e. The van der Waals surface area contributed by atoms with Crippen molar-refractivity contribution in [2.75, 3.05) is 6.54 Å². The van der Waals surface area contributed by atoms with Gasteiger partial charge in [0.1, 0.15) is 17.2 Å². The van der Waals surface area contributed by atoms with Crippen LogP contribution in [0.3, 0.4) is 0 Å². The van der Waals surface area contributed by atoms with Crippen LogP contribution in [-0.2, 0) is 0 Å². The van der Waals surface area contributed by atoms with Gasteiger partial charge in [0.15, 0.2) is 12.0 Å². The van der Waals surface area contributed by atoms with Crippen molar-refractivity contribution in [3.05, 3.63) is 71.0 Å². The number of pyridine rings is 1. The molecule has 0 saturated heterocycles. The van der Waals surface area contributed by atoms with Gasteiger partial charge in [-0.1, -0.05) is 68.1 Å². The highest BCUT2D eigenvalue weighted by Gasteiger charge is 2.27. The van der Waals surface area contributed by atoms with E-state index in [0.717, 1.165) is 41.4 Å². The zero-order chi connectivity index (χ0) is 19.3. The largest absolute Gasteiger partial charge is 0.289 e. The van der Waals surface area contributed by atoms with Gasteiger partial charge in [-0.3, -0.25) is 14.9 Å². The van der Waals surface area contributed by atoms with Gasteiger partial charge in [-0.2, -0.15) is 0 Å². The van der Waals surface area contributed by atoms with Gasteiger partial charge >= 0.3 is 0 Å². The molecule has 1 atom stereocenters. The zero-order valence-electron chi connectivity index (χ0n) is 15.8. The van der Waals surface area contributed by atoms with Gasteiger partial charge in [0.2, 0.25) is 0 Å². The van der Waals surface area contributed by atoms with Crippen molar-refractivity contribution in [3.8, 4) is 5.69 Å². The lowest BCUT2D eigenvalue weighted by Gasteiger charge is -2.13. The minimum absolute atomic E-state index is 0.299. The summed E-state index contributed by atoms with van der Waals surface area (Å²) in [4.78, 5) is 9.62. The Hall–Kier alpha value is -2.57. The van der Waals surface area contributed by atoms with Crippen LogP contribution >= 0.6 is 11.6 Å². The summed E-state index contributed by atoms with van der Waals surface area (Å²) in [5.74, 6) is 0.756. The van der Waals surface area contributed by atoms with E-state index in [-0.39, 0.29) is 6.17 Å². The number of unbranched alkanes of at least 4 members (excludes halogenated alkanes) is 3. The van der Waals surface area contributed by atoms with Crippen molar-refractivity contribution in [2.45, 2.75) is 38.8 Å². The van der Waals surface area contributed by atoms with Crippen molar-refractivity contribution < 1.29 is 0 Å². The highest BCUT2D eigenvalue weighted by molar-refractivity contribution is 6.30. The molecule has 1 aliphatic rings. The fourth-order valence-electron chi connectivity index (χ4n) is 3.40. The molecule has 0 radical (unpaired) electrons. The van der Waals surface area contributed by atoms with Crippen LogP contribution in [-0.4, -0.2) is 32.0 Å². The van der Waals surface area contributed by atoms with Crippen molar-refractivity contribution >= 4 is 17.3 Å². The third kappa shape index (κ3) is 3.84. The van der Waals surface area contributed by atoms with Crippen LogP contribution in [0.4, 0.5) is 0 Å². The standard InChI is InChI=1S/C21H23ClN6/c1-2-3-4-8-13-23-20-21-27-24-14-28(21)16-11-12-17(22)25-19(16)18(26-20)15-9-6-5-7-10-15/h5-7,9-12,14,20,23H,2-4,8,13H2,1H3. The molecule has 1 unspecified atom stereocenters. The molecular formula is C21H23ClN6. The summed E-state index contributed by atoms with van der Waals surface area (Å²) in [5, 5.41) is 12.4. The van der Waals surface area contributed by atoms with Gasteiger partial charge in [0.05, 0.1) is 11.4 Å². The maximum Gasteiger partial charge on any atom is 0.177 e. The number of nitrogens with one attached hydrogen (secondary N) is 1. The van der Waals surface area contributed by atoms with Crippen LogP contribution in [0.2, 0.25) is 5.15 Å². The fourth-order valence-corrected chi connectivity index (χ4v) is 3.54. The van der Waals surface area contributed by atoms with Gasteiger partial charge in [-0.25, -0.2) is 4.98 Å². The molecule has 0 spiro atoms. The summed E-state index contributed by atoms with van der Waals surface area (Å²) in [5.41, 5.74) is 3.40. The average molecular weight is 395 g/mol. The molecule has 1 aliphatic heterocycles. The van der Waals surface area contributed by atoms with E-state index in [2.05, 4.69) is 27.4 Å². The molecule has 0 fully saturated rings. The van der Waals surface area contributed by atoms with Crippen molar-refractivity contribution in [1.29, 1.82) is 0 Å². The number of rotatable bonds is 7. The number of halogens is 1. The number of fused-ring (bicyclic) bond motifs is 3. The van der Waals surface area contributed by atoms with Crippen molar-refractivity contribution in [3.63, 3.8) is 0 Å². The Morgan fingerprint density at radius 1 is 1.07 bits per heavy atom. The smallest absolute Gasteiger partial charge is 0.177 e. The molecule has 4 rings (SSSR count). The van der Waals surface area contributed by atoms with Crippen LogP contribution in [0.15, 0.2) is 53.8 Å². The van der Waals surface area contributed by atoms with Crippen molar-refractivity contribution in [1.82, 2.24) is 25.1 Å². The lowest BCUT2D eigenvalue weighted by molar-refractivity contribution is 0.500. The molecule has 3 aromatic rings. The summed E-state index contributed by atoms with van der Waals surface area (Å²) < 4.78 is 1.95. The van der Waals surface area contributed by atoms with Crippen LogP contribution in [0.25, 0.3) is 5.69 Å². The quantitative estimate of drug-likeness (QED) is 0.478. The monoisotopic (exact) mass is 394 g/mol. The highest BCUT2D eigenvalue weighted by atomic mass is 35.5. The Labute approximate surface area is 169 Å². The summed E-state index contributed by atoms with van der Waals surface area (Å²) in [6, 6.07) is 13.8. The molecule has 28 heavy (non-hydrogen) atoms. The van der Waals surface area contributed by atoms with Gasteiger partial charge in [0.25, 0.3) is 0 Å². The van der Waals surface area contributed by atoms with Gasteiger partial charge < -0.3 is 0 Å². The Kier molecular flexibility index (Phi) is 5.78. The number of nitrogens with zero attached hydrogens (tertiary/aromatic N) is 5. The minimum atomic E-state index is -0.299. The number of hydrogen-bond acceptors (Lipinski definition) is 5. The first-order valence-corrected chi connectivity index (χ1v) is 10.1. The summed E-state index contributed by atoms with van der Waals surface area (Å²) in [6.45, 7) is 3.08. The molecule has 3 heterocycles. The maximum atomic E-state index is 6.23. The average Bonchev–Trinajstić information content (AvgIpc) is 3.16. The molecule has 0 saturated carbocycles. The molecule has 1 aromatic carbocycles. The topological polar surface area (TPSA) is 68.0 Å². The summed E-state index contributed by atoms with van der Waals surface area (Å²) in [6.07, 6.45) is 6.18. The van der Waals surface area contributed by atoms with E-state index in [1.54, 1.807) is 12.4 Å². The maximum absolute atomic E-state index is 6.23. The Bertz CT molecular complexity index is 966. The number of aromatic nitrogens is 4. The molecular weight excluding hydrogens is 372 g/mol. The number of benzene rings is 1. The van der Waals surface area contributed by atoms with E-state index in [9.17, 15) is 0 Å². The Balaban J connectivity index is 1.76. The van der Waals surface area contributed by atoms with Crippen LogP contribution < -0.4 is 5.32 Å². The number of hydrogen-bond donors (Lipinski definition) is 1. The van der Waals surface area contributed by atoms with E-state index in [1.165, 1.54) is 19.3 Å². The predicted octanol–water partition coefficient (Wildman–Crippen LogP) is 4.34. The van der Waals surface area contributed by atoms with Crippen molar-refractivity contribution in [2.24, 2.45) is 4.99 Å². The molecule has 2 aromatic heterocycles. The molecule has 7 heteroatoms. The lowest BCUT2D eigenvalue weighted by Crippen LogP contribution is -2.24. The summed E-state index contributed by atoms with van der Waals surface area (Å²) >= 11 is 6.23. The van der Waals surface area contributed by atoms with Gasteiger partial charge in [-0.05, 0) is 25.1 Å². The third-order valence-corrected chi connectivity index (χ3v) is 5.03. The molecule has 144 valence electrons. The normalized spacial score (nSPS) is 15.5. The first-order chi connectivity index (χ1) is 13.8. The first-order valence-electron chi connectivity index (χ1n) is 9.71. The molecule has 1 N–H and O–H groups in total.